The number of benzene rings is 2. The fourth-order valence-electron chi connectivity index (χ4n) is 1.71. The molecule has 2 aromatic carbocycles. The summed E-state index contributed by atoms with van der Waals surface area (Å²) in [6, 6.07) is 12.4. The molecule has 2 aromatic rings. The summed E-state index contributed by atoms with van der Waals surface area (Å²) < 4.78 is 0. The number of hydrogen-bond donors (Lipinski definition) is 2. The van der Waals surface area contributed by atoms with Crippen molar-refractivity contribution < 1.29 is 10.0 Å². The van der Waals surface area contributed by atoms with Crippen molar-refractivity contribution in [3.63, 3.8) is 0 Å². The van der Waals surface area contributed by atoms with Gasteiger partial charge < -0.3 is 10.0 Å². The van der Waals surface area contributed by atoms with Crippen LogP contribution in [0.25, 0.3) is 0 Å². The van der Waals surface area contributed by atoms with Crippen molar-refractivity contribution in [1.29, 1.82) is 0 Å². The van der Waals surface area contributed by atoms with E-state index in [9.17, 15) is 0 Å². The molecule has 0 aliphatic rings. The van der Waals surface area contributed by atoms with Crippen molar-refractivity contribution in [1.82, 2.24) is 0 Å². The van der Waals surface area contributed by atoms with Gasteiger partial charge in [-0.1, -0.05) is 47.5 Å². The predicted molar refractivity (Wildman–Crippen MR) is 75.5 cm³/mol. The second kappa shape index (κ2) is 5.76. The van der Waals surface area contributed by atoms with Crippen LogP contribution in [0, 0.1) is 0 Å². The molecule has 5 heteroatoms. The third-order valence-electron chi connectivity index (χ3n) is 2.68. The first-order valence-corrected chi connectivity index (χ1v) is 6.21. The van der Waals surface area contributed by atoms with Crippen molar-refractivity contribution in [3.05, 3.63) is 63.6 Å². The Morgan fingerprint density at radius 2 is 1.61 bits per heavy atom. The maximum absolute atomic E-state index is 9.14. The van der Waals surface area contributed by atoms with Gasteiger partial charge in [0.15, 0.2) is 0 Å². The van der Waals surface area contributed by atoms with E-state index in [2.05, 4.69) is 0 Å². The lowest BCUT2D eigenvalue weighted by atomic mass is 9.79. The van der Waals surface area contributed by atoms with E-state index in [0.717, 1.165) is 11.1 Å². The standard InChI is InChI=1S/C13H11BCl2O2/c15-12-4-1-9(2-5-12)7-10-8-11(14(17)18)3-6-13(10)16/h1-6,8,17-18H,7H2. The highest BCUT2D eigenvalue weighted by atomic mass is 35.5. The molecule has 0 bridgehead atoms. The summed E-state index contributed by atoms with van der Waals surface area (Å²) in [5.74, 6) is 0. The molecule has 92 valence electrons. The highest BCUT2D eigenvalue weighted by molar-refractivity contribution is 6.58. The Morgan fingerprint density at radius 3 is 2.22 bits per heavy atom. The smallest absolute Gasteiger partial charge is 0.423 e. The highest BCUT2D eigenvalue weighted by Crippen LogP contribution is 2.19. The van der Waals surface area contributed by atoms with Crippen LogP contribution < -0.4 is 5.46 Å². The Bertz CT molecular complexity index is 541. The van der Waals surface area contributed by atoms with Gasteiger partial charge in [-0.05, 0) is 41.2 Å². The summed E-state index contributed by atoms with van der Waals surface area (Å²) >= 11 is 11.9. The Balaban J connectivity index is 2.27. The van der Waals surface area contributed by atoms with Crippen LogP contribution in [0.15, 0.2) is 42.5 Å². The molecule has 0 aliphatic carbocycles. The van der Waals surface area contributed by atoms with E-state index < -0.39 is 7.12 Å². The van der Waals surface area contributed by atoms with Gasteiger partial charge in [0.05, 0.1) is 0 Å². The summed E-state index contributed by atoms with van der Waals surface area (Å²) in [7, 11) is -1.48. The topological polar surface area (TPSA) is 40.5 Å². The van der Waals surface area contributed by atoms with Crippen LogP contribution in [0.4, 0.5) is 0 Å². The van der Waals surface area contributed by atoms with Gasteiger partial charge in [-0.2, -0.15) is 0 Å². The molecular weight excluding hydrogens is 270 g/mol. The molecule has 0 heterocycles. The van der Waals surface area contributed by atoms with E-state index in [4.69, 9.17) is 33.2 Å². The molecule has 2 N–H and O–H groups in total. The number of halogens is 2. The first-order valence-electron chi connectivity index (χ1n) is 5.45. The van der Waals surface area contributed by atoms with Gasteiger partial charge >= 0.3 is 7.12 Å². The first kappa shape index (κ1) is 13.4. The van der Waals surface area contributed by atoms with Crippen molar-refractivity contribution in [2.24, 2.45) is 0 Å². The van der Waals surface area contributed by atoms with E-state index in [1.165, 1.54) is 0 Å². The zero-order valence-corrected chi connectivity index (χ0v) is 11.0. The average molecular weight is 281 g/mol. The molecule has 0 fully saturated rings. The maximum Gasteiger partial charge on any atom is 0.488 e. The number of hydrogen-bond acceptors (Lipinski definition) is 2. The summed E-state index contributed by atoms with van der Waals surface area (Å²) in [5.41, 5.74) is 2.35. The van der Waals surface area contributed by atoms with Crippen LogP contribution in [0.5, 0.6) is 0 Å². The second-order valence-electron chi connectivity index (χ2n) is 4.03. The Hall–Kier alpha value is -0.995. The molecule has 0 amide bonds. The van der Waals surface area contributed by atoms with Gasteiger partial charge in [-0.25, -0.2) is 0 Å². The molecule has 0 unspecified atom stereocenters. The average Bonchev–Trinajstić information content (AvgIpc) is 2.34. The van der Waals surface area contributed by atoms with Gasteiger partial charge in [-0.3, -0.25) is 0 Å². The van der Waals surface area contributed by atoms with E-state index in [1.807, 2.05) is 24.3 Å². The van der Waals surface area contributed by atoms with E-state index in [1.54, 1.807) is 18.2 Å². The van der Waals surface area contributed by atoms with Crippen molar-refractivity contribution >= 4 is 35.8 Å². The Labute approximate surface area is 116 Å². The molecule has 0 saturated carbocycles. The maximum atomic E-state index is 9.14. The highest BCUT2D eigenvalue weighted by Gasteiger charge is 2.13. The van der Waals surface area contributed by atoms with Crippen LogP contribution in [0.2, 0.25) is 10.0 Å². The van der Waals surface area contributed by atoms with Crippen LogP contribution in [-0.2, 0) is 6.42 Å². The van der Waals surface area contributed by atoms with Crippen molar-refractivity contribution in [2.45, 2.75) is 6.42 Å². The molecule has 0 saturated heterocycles. The quantitative estimate of drug-likeness (QED) is 0.847. The summed E-state index contributed by atoms with van der Waals surface area (Å²) in [5, 5.41) is 19.6. The lowest BCUT2D eigenvalue weighted by Crippen LogP contribution is -2.30. The largest absolute Gasteiger partial charge is 0.488 e. The van der Waals surface area contributed by atoms with Crippen LogP contribution >= 0.6 is 23.2 Å². The van der Waals surface area contributed by atoms with E-state index in [0.29, 0.717) is 21.9 Å². The molecule has 0 aliphatic heterocycles. The fraction of sp³-hybridized carbons (Fsp3) is 0.0769. The molecule has 2 nitrogen and oxygen atoms in total. The number of rotatable bonds is 3. The van der Waals surface area contributed by atoms with Gasteiger partial charge in [0, 0.05) is 10.0 Å². The zero-order chi connectivity index (χ0) is 13.1. The zero-order valence-electron chi connectivity index (χ0n) is 9.48. The minimum absolute atomic E-state index is 0.434. The van der Waals surface area contributed by atoms with Gasteiger partial charge in [0.2, 0.25) is 0 Å². The molecule has 0 aromatic heterocycles. The first-order chi connectivity index (χ1) is 8.56. The van der Waals surface area contributed by atoms with Crippen molar-refractivity contribution in [2.75, 3.05) is 0 Å². The summed E-state index contributed by atoms with van der Waals surface area (Å²) in [4.78, 5) is 0. The Morgan fingerprint density at radius 1 is 0.944 bits per heavy atom. The monoisotopic (exact) mass is 280 g/mol. The molecule has 18 heavy (non-hydrogen) atoms. The molecule has 2 rings (SSSR count). The molecule has 0 spiro atoms. The SMILES string of the molecule is OB(O)c1ccc(Cl)c(Cc2ccc(Cl)cc2)c1. The lowest BCUT2D eigenvalue weighted by Gasteiger charge is -2.07. The normalized spacial score (nSPS) is 10.4. The predicted octanol–water partition coefficient (Wildman–Crippen LogP) is 2.26. The third-order valence-corrected chi connectivity index (χ3v) is 3.30. The lowest BCUT2D eigenvalue weighted by molar-refractivity contribution is 0.425. The summed E-state index contributed by atoms with van der Waals surface area (Å²) in [6.45, 7) is 0. The second-order valence-corrected chi connectivity index (χ2v) is 4.87. The van der Waals surface area contributed by atoms with E-state index in [-0.39, 0.29) is 0 Å². The summed E-state index contributed by atoms with van der Waals surface area (Å²) in [6.07, 6.45) is 0.622. The van der Waals surface area contributed by atoms with Crippen LogP contribution in [-0.4, -0.2) is 17.2 Å². The van der Waals surface area contributed by atoms with Gasteiger partial charge in [0.1, 0.15) is 0 Å². The minimum atomic E-state index is -1.48. The van der Waals surface area contributed by atoms with Crippen molar-refractivity contribution in [3.8, 4) is 0 Å². The van der Waals surface area contributed by atoms with E-state index >= 15 is 0 Å². The molecule has 0 radical (unpaired) electrons. The van der Waals surface area contributed by atoms with Crippen LogP contribution in [0.3, 0.4) is 0 Å². The fourth-order valence-corrected chi connectivity index (χ4v) is 2.02. The minimum Gasteiger partial charge on any atom is -0.423 e. The van der Waals surface area contributed by atoms with Crippen LogP contribution in [0.1, 0.15) is 11.1 Å². The Kier molecular flexibility index (Phi) is 4.30. The molecular formula is C13H11BCl2O2. The van der Waals surface area contributed by atoms with Gasteiger partial charge in [-0.15, -0.1) is 0 Å². The molecule has 0 atom stereocenters. The van der Waals surface area contributed by atoms with Gasteiger partial charge in [0.25, 0.3) is 0 Å². The third kappa shape index (κ3) is 3.27.